The van der Waals surface area contributed by atoms with Crippen LogP contribution >= 0.6 is 0 Å². The number of nitrogens with zero attached hydrogens (tertiary/aromatic N) is 1. The van der Waals surface area contributed by atoms with Crippen LogP contribution in [-0.4, -0.2) is 40.7 Å². The molecule has 28 heavy (non-hydrogen) atoms. The number of hydrogen-bond donors (Lipinski definition) is 4. The number of nitrogens with one attached hydrogen (secondary N) is 2. The lowest BCUT2D eigenvalue weighted by Crippen LogP contribution is -2.58. The van der Waals surface area contributed by atoms with E-state index in [1.165, 1.54) is 0 Å². The quantitative estimate of drug-likeness (QED) is 0.417. The van der Waals surface area contributed by atoms with Crippen molar-refractivity contribution in [3.8, 4) is 0 Å². The molecule has 1 aliphatic heterocycles. The molecular formula is C21H31N5O2. The summed E-state index contributed by atoms with van der Waals surface area (Å²) in [5.74, 6) is 0.400. The number of nitrogens with two attached hydrogens (primary N) is 2. The lowest BCUT2D eigenvalue weighted by molar-refractivity contribution is -0.145. The first-order chi connectivity index (χ1) is 13.3. The Morgan fingerprint density at radius 2 is 2.00 bits per heavy atom. The predicted octanol–water partition coefficient (Wildman–Crippen LogP) is 1.34. The zero-order valence-electron chi connectivity index (χ0n) is 16.7. The number of piperidine rings is 1. The SMILES string of the molecule is CC(C)C[C@@H](N)C(=O)N1CCC[C@@H]2C[C@@]21C(=O)NCc1ccc(C(=N)N)cc1. The molecule has 0 aromatic heterocycles. The molecule has 7 nitrogen and oxygen atoms in total. The fraction of sp³-hybridized carbons (Fsp3) is 0.571. The molecule has 1 saturated carbocycles. The second-order valence-electron chi connectivity index (χ2n) is 8.49. The van der Waals surface area contributed by atoms with Crippen LogP contribution in [0.3, 0.4) is 0 Å². The summed E-state index contributed by atoms with van der Waals surface area (Å²) in [5, 5.41) is 10.4. The van der Waals surface area contributed by atoms with E-state index in [9.17, 15) is 9.59 Å². The summed E-state index contributed by atoms with van der Waals surface area (Å²) in [6.45, 7) is 5.07. The van der Waals surface area contributed by atoms with Crippen LogP contribution in [0, 0.1) is 17.2 Å². The van der Waals surface area contributed by atoms with Gasteiger partial charge in [-0.3, -0.25) is 15.0 Å². The molecule has 3 atom stereocenters. The highest BCUT2D eigenvalue weighted by Gasteiger charge is 2.66. The van der Waals surface area contributed by atoms with Gasteiger partial charge in [0.15, 0.2) is 0 Å². The molecule has 2 fully saturated rings. The molecule has 0 unspecified atom stereocenters. The maximum atomic E-state index is 13.1. The van der Waals surface area contributed by atoms with Gasteiger partial charge in [-0.15, -0.1) is 0 Å². The molecule has 3 rings (SSSR count). The van der Waals surface area contributed by atoms with E-state index >= 15 is 0 Å². The molecule has 6 N–H and O–H groups in total. The van der Waals surface area contributed by atoms with Gasteiger partial charge < -0.3 is 21.7 Å². The average molecular weight is 386 g/mol. The molecule has 0 radical (unpaired) electrons. The number of fused-ring (bicyclic) bond motifs is 1. The summed E-state index contributed by atoms with van der Waals surface area (Å²) in [6, 6.07) is 6.68. The Labute approximate surface area is 166 Å². The van der Waals surface area contributed by atoms with Crippen molar-refractivity contribution < 1.29 is 9.59 Å². The van der Waals surface area contributed by atoms with Crippen LogP contribution in [0.4, 0.5) is 0 Å². The van der Waals surface area contributed by atoms with Gasteiger partial charge in [-0.25, -0.2) is 0 Å². The Hall–Kier alpha value is -2.41. The molecule has 0 bridgehead atoms. The van der Waals surface area contributed by atoms with Crippen molar-refractivity contribution in [2.75, 3.05) is 6.54 Å². The van der Waals surface area contributed by atoms with Gasteiger partial charge in [-0.2, -0.15) is 0 Å². The van der Waals surface area contributed by atoms with Gasteiger partial charge in [0.2, 0.25) is 11.8 Å². The van der Waals surface area contributed by atoms with Crippen molar-refractivity contribution >= 4 is 17.6 Å². The first kappa shape index (κ1) is 20.3. The van der Waals surface area contributed by atoms with E-state index < -0.39 is 11.6 Å². The average Bonchev–Trinajstić information content (AvgIpc) is 3.41. The summed E-state index contributed by atoms with van der Waals surface area (Å²) < 4.78 is 0. The van der Waals surface area contributed by atoms with Crippen LogP contribution in [0.25, 0.3) is 0 Å². The van der Waals surface area contributed by atoms with E-state index in [1.807, 2.05) is 26.0 Å². The summed E-state index contributed by atoms with van der Waals surface area (Å²) in [4.78, 5) is 27.8. The fourth-order valence-electron chi connectivity index (χ4n) is 4.34. The topological polar surface area (TPSA) is 125 Å². The summed E-state index contributed by atoms with van der Waals surface area (Å²) in [6.07, 6.45) is 3.25. The highest BCUT2D eigenvalue weighted by atomic mass is 16.2. The summed E-state index contributed by atoms with van der Waals surface area (Å²) in [5.41, 5.74) is 12.5. The lowest BCUT2D eigenvalue weighted by Gasteiger charge is -2.37. The number of nitrogen functional groups attached to an aromatic ring is 1. The van der Waals surface area contributed by atoms with Crippen molar-refractivity contribution in [1.82, 2.24) is 10.2 Å². The van der Waals surface area contributed by atoms with Crippen LogP contribution in [0.15, 0.2) is 24.3 Å². The summed E-state index contributed by atoms with van der Waals surface area (Å²) in [7, 11) is 0. The number of likely N-dealkylation sites (tertiary alicyclic amines) is 1. The highest BCUT2D eigenvalue weighted by molar-refractivity contribution is 5.96. The molecule has 7 heteroatoms. The van der Waals surface area contributed by atoms with Crippen LogP contribution in [0.1, 0.15) is 50.7 Å². The molecule has 2 amide bonds. The maximum absolute atomic E-state index is 13.1. The van der Waals surface area contributed by atoms with E-state index in [2.05, 4.69) is 5.32 Å². The van der Waals surface area contributed by atoms with Crippen LogP contribution < -0.4 is 16.8 Å². The number of amidine groups is 1. The molecule has 1 heterocycles. The number of carbonyl (C=O) groups is 2. The Morgan fingerprint density at radius 3 is 2.61 bits per heavy atom. The van der Waals surface area contributed by atoms with E-state index in [0.717, 1.165) is 24.8 Å². The van der Waals surface area contributed by atoms with Gasteiger partial charge in [0.25, 0.3) is 0 Å². The first-order valence-corrected chi connectivity index (χ1v) is 10.0. The van der Waals surface area contributed by atoms with Gasteiger partial charge in [-0.1, -0.05) is 38.1 Å². The van der Waals surface area contributed by atoms with Gasteiger partial charge >= 0.3 is 0 Å². The normalized spacial score (nSPS) is 24.4. The molecule has 0 spiro atoms. The second kappa shape index (κ2) is 7.91. The fourth-order valence-corrected chi connectivity index (χ4v) is 4.34. The van der Waals surface area contributed by atoms with Crippen molar-refractivity contribution in [3.05, 3.63) is 35.4 Å². The number of rotatable bonds is 7. The summed E-state index contributed by atoms with van der Waals surface area (Å²) >= 11 is 0. The van der Waals surface area contributed by atoms with E-state index in [4.69, 9.17) is 16.9 Å². The van der Waals surface area contributed by atoms with Crippen molar-refractivity contribution in [3.63, 3.8) is 0 Å². The van der Waals surface area contributed by atoms with Gasteiger partial charge in [-0.05, 0) is 43.1 Å². The number of benzene rings is 1. The third-order valence-corrected chi connectivity index (χ3v) is 5.91. The van der Waals surface area contributed by atoms with E-state index in [-0.39, 0.29) is 23.6 Å². The van der Waals surface area contributed by atoms with E-state index in [1.54, 1.807) is 17.0 Å². The molecule has 1 aromatic carbocycles. The Kier molecular flexibility index (Phi) is 5.74. The standard InChI is InChI=1S/C21H31N5O2/c1-13(2)10-17(22)19(27)26-9-3-4-16-11-21(16,26)20(28)25-12-14-5-7-15(8-6-14)18(23)24/h5-8,13,16-17H,3-4,9-12,22H2,1-2H3,(H3,23,24)(H,25,28)/t16-,17-,21+/m1/s1. The number of amides is 2. The third-order valence-electron chi connectivity index (χ3n) is 5.91. The van der Waals surface area contributed by atoms with Gasteiger partial charge in [0, 0.05) is 18.7 Å². The predicted molar refractivity (Wildman–Crippen MR) is 109 cm³/mol. The molecule has 2 aliphatic rings. The number of carbonyl (C=O) groups excluding carboxylic acids is 2. The molecule has 152 valence electrons. The zero-order valence-corrected chi connectivity index (χ0v) is 16.7. The van der Waals surface area contributed by atoms with Crippen LogP contribution in [-0.2, 0) is 16.1 Å². The second-order valence-corrected chi connectivity index (χ2v) is 8.49. The van der Waals surface area contributed by atoms with Crippen molar-refractivity contribution in [2.24, 2.45) is 23.3 Å². The largest absolute Gasteiger partial charge is 0.384 e. The molecule has 1 aromatic rings. The van der Waals surface area contributed by atoms with Crippen molar-refractivity contribution in [1.29, 1.82) is 5.41 Å². The van der Waals surface area contributed by atoms with E-state index in [0.29, 0.717) is 31.0 Å². The molecule has 1 aliphatic carbocycles. The Morgan fingerprint density at radius 1 is 1.32 bits per heavy atom. The first-order valence-electron chi connectivity index (χ1n) is 10.0. The highest BCUT2D eigenvalue weighted by Crippen LogP contribution is 2.54. The third kappa shape index (κ3) is 3.90. The Balaban J connectivity index is 1.67. The minimum Gasteiger partial charge on any atom is -0.384 e. The molecule has 1 saturated heterocycles. The molecular weight excluding hydrogens is 354 g/mol. The van der Waals surface area contributed by atoms with Gasteiger partial charge in [0.05, 0.1) is 6.04 Å². The minimum absolute atomic E-state index is 0.0180. The smallest absolute Gasteiger partial charge is 0.246 e. The van der Waals surface area contributed by atoms with Crippen LogP contribution in [0.5, 0.6) is 0 Å². The number of hydrogen-bond acceptors (Lipinski definition) is 4. The minimum atomic E-state index is -0.719. The maximum Gasteiger partial charge on any atom is 0.246 e. The monoisotopic (exact) mass is 385 g/mol. The zero-order chi connectivity index (χ0) is 20.5. The Bertz CT molecular complexity index is 761. The van der Waals surface area contributed by atoms with Crippen molar-refractivity contribution in [2.45, 2.75) is 57.7 Å². The van der Waals surface area contributed by atoms with Gasteiger partial charge in [0.1, 0.15) is 11.4 Å². The van der Waals surface area contributed by atoms with Crippen LogP contribution in [0.2, 0.25) is 0 Å². The lowest BCUT2D eigenvalue weighted by atomic mass is 9.97.